The van der Waals surface area contributed by atoms with Gasteiger partial charge in [-0.2, -0.15) is 31.4 Å². The van der Waals surface area contributed by atoms with Crippen LogP contribution in [-0.2, 0) is 35.8 Å². The summed E-state index contributed by atoms with van der Waals surface area (Å²) in [5.41, 5.74) is -4.43. The molecule has 0 spiro atoms. The summed E-state index contributed by atoms with van der Waals surface area (Å²) in [6, 6.07) is 3.59. The van der Waals surface area contributed by atoms with E-state index in [4.69, 9.17) is 0 Å². The van der Waals surface area contributed by atoms with Gasteiger partial charge in [-0.05, 0) is 31.2 Å². The molecule has 4 heterocycles. The highest BCUT2D eigenvalue weighted by atomic mass is 32.2. The smallest absolute Gasteiger partial charge is 0.321 e. The van der Waals surface area contributed by atoms with E-state index < -0.39 is 39.1 Å². The summed E-state index contributed by atoms with van der Waals surface area (Å²) in [5.74, 6) is -0.869. The van der Waals surface area contributed by atoms with Crippen LogP contribution in [-0.4, -0.2) is 43.1 Å². The van der Waals surface area contributed by atoms with E-state index in [0.29, 0.717) is 16.7 Å². The first-order chi connectivity index (χ1) is 17.1. The van der Waals surface area contributed by atoms with E-state index in [1.807, 2.05) is 0 Å². The largest absolute Gasteiger partial charge is 0.435 e. The number of aromatic nitrogens is 6. The van der Waals surface area contributed by atoms with Crippen molar-refractivity contribution in [2.24, 2.45) is 7.05 Å². The Morgan fingerprint density at radius 3 is 2.19 bits per heavy atom. The number of nitrogens with zero attached hydrogens (tertiary/aromatic N) is 6. The zero-order valence-corrected chi connectivity index (χ0v) is 20.2. The molecule has 198 valence electrons. The van der Waals surface area contributed by atoms with E-state index in [1.54, 1.807) is 0 Å². The fraction of sp³-hybridized carbons (Fsp3) is 0.333. The Kier molecular flexibility index (Phi) is 6.21. The van der Waals surface area contributed by atoms with Crippen LogP contribution in [0.5, 0.6) is 0 Å². The van der Waals surface area contributed by atoms with Crippen molar-refractivity contribution in [2.45, 2.75) is 37.6 Å². The molecule has 0 amide bonds. The van der Waals surface area contributed by atoms with Crippen LogP contribution in [0.15, 0.2) is 40.2 Å². The van der Waals surface area contributed by atoms with Crippen LogP contribution in [0.2, 0.25) is 0 Å². The minimum absolute atomic E-state index is 0.213. The molecule has 0 aromatic carbocycles. The zero-order chi connectivity index (χ0) is 27.5. The summed E-state index contributed by atoms with van der Waals surface area (Å²) in [7, 11) is -2.69. The molecule has 4 aromatic rings. The number of hydrogen-bond donors (Lipinski definition) is 0. The van der Waals surface area contributed by atoms with E-state index in [2.05, 4.69) is 15.1 Å². The molecule has 16 heteroatoms. The Morgan fingerprint density at radius 1 is 0.973 bits per heavy atom. The first kappa shape index (κ1) is 26.4. The summed E-state index contributed by atoms with van der Waals surface area (Å²) >= 11 is 0. The first-order valence-corrected chi connectivity index (χ1v) is 12.3. The van der Waals surface area contributed by atoms with Gasteiger partial charge in [0, 0.05) is 19.8 Å². The normalized spacial score (nSPS) is 13.0. The first-order valence-electron chi connectivity index (χ1n) is 10.6. The summed E-state index contributed by atoms with van der Waals surface area (Å²) in [4.78, 5) is 20.8. The number of aryl methyl sites for hydroxylation is 1. The van der Waals surface area contributed by atoms with E-state index in [-0.39, 0.29) is 45.6 Å². The maximum absolute atomic E-state index is 13.6. The number of hydrogen-bond acceptors (Lipinski definition) is 6. The van der Waals surface area contributed by atoms with Gasteiger partial charge in [-0.25, -0.2) is 23.1 Å². The molecule has 0 radical (unpaired) electrons. The Hall–Kier alpha value is -3.69. The standard InChI is InChI=1S/C21H18F6N6O3S/c1-4-32-14(21(25,26)27)10-11-17(19(32)34)31(3)18(28-11)16-12(37(35,36)5-2)6-7-15(29-16)33-9-8-13(30-33)20(22,23)24/h6-10H,4-5H2,1-3H3. The topological polar surface area (TPSA) is 105 Å². The van der Waals surface area contributed by atoms with Crippen molar-refractivity contribution in [3.05, 3.63) is 52.2 Å². The molecule has 0 fully saturated rings. The lowest BCUT2D eigenvalue weighted by atomic mass is 10.3. The van der Waals surface area contributed by atoms with Crippen molar-refractivity contribution in [1.29, 1.82) is 0 Å². The van der Waals surface area contributed by atoms with Crippen molar-refractivity contribution in [3.63, 3.8) is 0 Å². The van der Waals surface area contributed by atoms with Crippen LogP contribution in [0.1, 0.15) is 25.2 Å². The Morgan fingerprint density at radius 2 is 1.65 bits per heavy atom. The van der Waals surface area contributed by atoms with Crippen molar-refractivity contribution >= 4 is 20.9 Å². The number of imidazole rings is 1. The van der Waals surface area contributed by atoms with Crippen LogP contribution in [0, 0.1) is 0 Å². The van der Waals surface area contributed by atoms with Gasteiger partial charge in [-0.1, -0.05) is 6.92 Å². The molecule has 4 rings (SSSR count). The highest BCUT2D eigenvalue weighted by molar-refractivity contribution is 7.91. The van der Waals surface area contributed by atoms with Crippen LogP contribution in [0.4, 0.5) is 26.3 Å². The molecule has 0 bridgehead atoms. The van der Waals surface area contributed by atoms with E-state index in [9.17, 15) is 39.6 Å². The predicted octanol–water partition coefficient (Wildman–Crippen LogP) is 3.83. The number of fused-ring (bicyclic) bond motifs is 1. The fourth-order valence-electron chi connectivity index (χ4n) is 3.81. The molecule has 0 unspecified atom stereocenters. The molecule has 0 aliphatic carbocycles. The third-order valence-corrected chi connectivity index (χ3v) is 7.39. The number of rotatable bonds is 5. The third kappa shape index (κ3) is 4.49. The monoisotopic (exact) mass is 548 g/mol. The lowest BCUT2D eigenvalue weighted by Crippen LogP contribution is -2.28. The number of halogens is 6. The second kappa shape index (κ2) is 8.71. The number of pyridine rings is 2. The van der Waals surface area contributed by atoms with Gasteiger partial charge in [0.2, 0.25) is 0 Å². The summed E-state index contributed by atoms with van der Waals surface area (Å²) in [6.45, 7) is 2.41. The van der Waals surface area contributed by atoms with Gasteiger partial charge < -0.3 is 9.13 Å². The minimum Gasteiger partial charge on any atom is -0.321 e. The molecule has 0 atom stereocenters. The van der Waals surface area contributed by atoms with Gasteiger partial charge in [0.1, 0.15) is 16.9 Å². The Bertz CT molecular complexity index is 1680. The number of alkyl halides is 6. The van der Waals surface area contributed by atoms with Crippen molar-refractivity contribution in [3.8, 4) is 17.3 Å². The molecule has 0 N–H and O–H groups in total. The highest BCUT2D eigenvalue weighted by Gasteiger charge is 2.36. The van der Waals surface area contributed by atoms with Crippen molar-refractivity contribution in [2.75, 3.05) is 5.75 Å². The van der Waals surface area contributed by atoms with Crippen molar-refractivity contribution < 1.29 is 34.8 Å². The second-order valence-corrected chi connectivity index (χ2v) is 10.1. The average molecular weight is 548 g/mol. The van der Waals surface area contributed by atoms with Gasteiger partial charge in [0.25, 0.3) is 5.56 Å². The number of sulfone groups is 1. The summed E-state index contributed by atoms with van der Waals surface area (Å²) in [5, 5.41) is 3.41. The van der Waals surface area contributed by atoms with Crippen molar-refractivity contribution in [1.82, 2.24) is 28.9 Å². The average Bonchev–Trinajstić information content (AvgIpc) is 3.43. The summed E-state index contributed by atoms with van der Waals surface area (Å²) in [6.07, 6.45) is -8.65. The molecular formula is C21H18F6N6O3S. The summed E-state index contributed by atoms with van der Waals surface area (Å²) < 4.78 is 108. The second-order valence-electron chi connectivity index (χ2n) is 7.87. The molecule has 0 aliphatic rings. The molecular weight excluding hydrogens is 530 g/mol. The third-order valence-electron chi connectivity index (χ3n) is 5.63. The van der Waals surface area contributed by atoms with Gasteiger partial charge in [0.05, 0.1) is 16.2 Å². The fourth-order valence-corrected chi connectivity index (χ4v) is 4.83. The van der Waals surface area contributed by atoms with E-state index >= 15 is 0 Å². The molecule has 37 heavy (non-hydrogen) atoms. The van der Waals surface area contributed by atoms with Gasteiger partial charge in [0.15, 0.2) is 27.2 Å². The van der Waals surface area contributed by atoms with Gasteiger partial charge >= 0.3 is 12.4 Å². The van der Waals surface area contributed by atoms with Crippen LogP contribution >= 0.6 is 0 Å². The van der Waals surface area contributed by atoms with Crippen LogP contribution < -0.4 is 5.56 Å². The zero-order valence-electron chi connectivity index (χ0n) is 19.4. The Balaban J connectivity index is 2.04. The van der Waals surface area contributed by atoms with Gasteiger partial charge in [-0.15, -0.1) is 0 Å². The van der Waals surface area contributed by atoms with Gasteiger partial charge in [-0.3, -0.25) is 4.79 Å². The molecule has 0 aliphatic heterocycles. The molecule has 4 aromatic heterocycles. The minimum atomic E-state index is -4.87. The van der Waals surface area contributed by atoms with E-state index in [0.717, 1.165) is 27.6 Å². The quantitative estimate of drug-likeness (QED) is 0.351. The maximum atomic E-state index is 13.6. The Labute approximate surface area is 204 Å². The highest BCUT2D eigenvalue weighted by Crippen LogP contribution is 2.33. The molecule has 9 nitrogen and oxygen atoms in total. The molecule has 0 saturated carbocycles. The van der Waals surface area contributed by atoms with Crippen LogP contribution in [0.25, 0.3) is 28.4 Å². The lowest BCUT2D eigenvalue weighted by molar-refractivity contribution is -0.144. The van der Waals surface area contributed by atoms with E-state index in [1.165, 1.54) is 20.9 Å². The maximum Gasteiger partial charge on any atom is 0.435 e. The van der Waals surface area contributed by atoms with Crippen LogP contribution in [0.3, 0.4) is 0 Å². The SMILES string of the molecule is CCn1c(C(F)(F)F)cc2nc(-c3nc(-n4ccc(C(F)(F)F)n4)ccc3S(=O)(=O)CC)n(C)c2c1=O. The molecule has 0 saturated heterocycles. The lowest BCUT2D eigenvalue weighted by Gasteiger charge is -2.14. The predicted molar refractivity (Wildman–Crippen MR) is 119 cm³/mol.